The normalized spacial score (nSPS) is 35.4. The molecule has 3 aliphatic rings. The number of fused-ring (bicyclic) bond motifs is 1. The summed E-state index contributed by atoms with van der Waals surface area (Å²) in [5.74, 6) is -2.79. The van der Waals surface area contributed by atoms with Crippen LogP contribution in [-0.2, 0) is 23.7 Å². The van der Waals surface area contributed by atoms with Crippen molar-refractivity contribution in [2.75, 3.05) is 0 Å². The molecule has 0 bridgehead atoms. The van der Waals surface area contributed by atoms with Gasteiger partial charge in [0.05, 0.1) is 5.92 Å². The van der Waals surface area contributed by atoms with Gasteiger partial charge in [-0.3, -0.25) is 10.5 Å². The Kier molecular flexibility index (Phi) is 6.50. The predicted octanol–water partition coefficient (Wildman–Crippen LogP) is 3.10. The summed E-state index contributed by atoms with van der Waals surface area (Å²) in [5, 5.41) is 8.77. The van der Waals surface area contributed by atoms with Crippen LogP contribution in [0.5, 0.6) is 0 Å². The average Bonchev–Trinajstić information content (AvgIpc) is 3.24. The molecule has 0 aromatic heterocycles. The molecular formula is C19H28FNO8. The summed E-state index contributed by atoms with van der Waals surface area (Å²) in [6.07, 6.45) is 1.16. The fourth-order valence-electron chi connectivity index (χ4n) is 4.62. The topological polar surface area (TPSA) is 134 Å². The molecule has 0 aromatic carbocycles. The molecule has 0 aliphatic heterocycles. The van der Waals surface area contributed by atoms with Gasteiger partial charge in [0.2, 0.25) is 12.0 Å². The van der Waals surface area contributed by atoms with E-state index in [2.05, 4.69) is 4.74 Å². The van der Waals surface area contributed by atoms with Crippen LogP contribution in [0.3, 0.4) is 0 Å². The number of esters is 1. The number of rotatable bonds is 5. The van der Waals surface area contributed by atoms with Crippen LogP contribution in [0.4, 0.5) is 14.0 Å². The van der Waals surface area contributed by atoms with Crippen molar-refractivity contribution in [3.63, 3.8) is 0 Å². The van der Waals surface area contributed by atoms with Gasteiger partial charge in [-0.1, -0.05) is 19.3 Å². The molecule has 3 N–H and O–H groups in total. The summed E-state index contributed by atoms with van der Waals surface area (Å²) < 4.78 is 34.0. The molecule has 0 spiro atoms. The van der Waals surface area contributed by atoms with Crippen LogP contribution in [0.25, 0.3) is 0 Å². The first-order chi connectivity index (χ1) is 13.7. The lowest BCUT2D eigenvalue weighted by molar-refractivity contribution is -0.173. The second-order valence-electron chi connectivity index (χ2n) is 8.10. The van der Waals surface area contributed by atoms with Crippen molar-refractivity contribution in [1.29, 1.82) is 0 Å². The Labute approximate surface area is 168 Å². The predicted molar refractivity (Wildman–Crippen MR) is 95.2 cm³/mol. The monoisotopic (exact) mass is 417 g/mol. The number of hydrogen-bond acceptors (Lipinski definition) is 8. The Bertz CT molecular complexity index is 638. The first-order valence-electron chi connectivity index (χ1n) is 10.1. The summed E-state index contributed by atoms with van der Waals surface area (Å²) >= 11 is 0. The molecular weight excluding hydrogens is 389 g/mol. The van der Waals surface area contributed by atoms with E-state index < -0.39 is 54.2 Å². The van der Waals surface area contributed by atoms with Gasteiger partial charge in [0.25, 0.3) is 0 Å². The van der Waals surface area contributed by atoms with Crippen LogP contribution in [0, 0.1) is 17.8 Å². The second kappa shape index (κ2) is 8.73. The number of carboxylic acid groups (broad SMARTS) is 1. The highest BCUT2D eigenvalue weighted by Gasteiger charge is 2.74. The zero-order chi connectivity index (χ0) is 21.2. The van der Waals surface area contributed by atoms with Gasteiger partial charge in [-0.25, -0.2) is 14.0 Å². The lowest BCUT2D eigenvalue weighted by Gasteiger charge is -2.28. The molecule has 0 saturated heterocycles. The van der Waals surface area contributed by atoms with Gasteiger partial charge in [-0.15, -0.1) is 0 Å². The number of nitrogens with two attached hydrogens (primary N) is 1. The van der Waals surface area contributed by atoms with Gasteiger partial charge in [-0.2, -0.15) is 0 Å². The van der Waals surface area contributed by atoms with E-state index in [1.54, 1.807) is 0 Å². The smallest absolute Gasteiger partial charge is 0.450 e. The standard InChI is InChI=1S/C19H28FNO8/c1-10(27-18(25)28-11-7-5-3-2-4-6-8-11)26-16(22)14-12-9-13(20)19(21,15(12)14)29-17(23)24/h10-15H,2-9,21H2,1H3,(H,23,24)/t10?,12-,13-,14-,15-,19+/m0/s1. The van der Waals surface area contributed by atoms with E-state index in [0.717, 1.165) is 38.5 Å². The number of carbonyl (C=O) groups excluding carboxylic acids is 2. The van der Waals surface area contributed by atoms with Crippen LogP contribution in [0.2, 0.25) is 0 Å². The van der Waals surface area contributed by atoms with E-state index in [1.165, 1.54) is 13.3 Å². The van der Waals surface area contributed by atoms with Crippen LogP contribution in [0.1, 0.15) is 58.3 Å². The fraction of sp³-hybridized carbons (Fsp3) is 0.842. The number of hydrogen-bond donors (Lipinski definition) is 2. The molecule has 0 heterocycles. The Morgan fingerprint density at radius 2 is 1.72 bits per heavy atom. The highest BCUT2D eigenvalue weighted by molar-refractivity contribution is 5.78. The highest BCUT2D eigenvalue weighted by atomic mass is 19.1. The van der Waals surface area contributed by atoms with Crippen LogP contribution >= 0.6 is 0 Å². The Hall–Kier alpha value is -2.10. The van der Waals surface area contributed by atoms with E-state index in [1.807, 2.05) is 0 Å². The van der Waals surface area contributed by atoms with Crippen molar-refractivity contribution in [3.8, 4) is 0 Å². The molecule has 3 saturated carbocycles. The van der Waals surface area contributed by atoms with Gasteiger partial charge in [0, 0.05) is 12.8 Å². The van der Waals surface area contributed by atoms with Gasteiger partial charge in [0.15, 0.2) is 6.17 Å². The summed E-state index contributed by atoms with van der Waals surface area (Å²) in [7, 11) is 0. The Balaban J connectivity index is 1.45. The molecule has 9 nitrogen and oxygen atoms in total. The highest BCUT2D eigenvalue weighted by Crippen LogP contribution is 2.63. The second-order valence-corrected chi connectivity index (χ2v) is 8.10. The zero-order valence-corrected chi connectivity index (χ0v) is 16.4. The van der Waals surface area contributed by atoms with Gasteiger partial charge in [0.1, 0.15) is 6.10 Å². The molecule has 29 heavy (non-hydrogen) atoms. The van der Waals surface area contributed by atoms with Gasteiger partial charge in [-0.05, 0) is 38.0 Å². The first kappa shape index (κ1) is 21.6. The molecule has 0 aromatic rings. The number of alkyl halides is 1. The largest absolute Gasteiger partial charge is 0.511 e. The number of carbonyl (C=O) groups is 3. The quantitative estimate of drug-likeness (QED) is 0.393. The third-order valence-electron chi connectivity index (χ3n) is 6.05. The van der Waals surface area contributed by atoms with Crippen molar-refractivity contribution in [2.45, 2.75) is 82.6 Å². The molecule has 10 heteroatoms. The molecule has 3 rings (SSSR count). The summed E-state index contributed by atoms with van der Waals surface area (Å²) in [4.78, 5) is 35.1. The van der Waals surface area contributed by atoms with Crippen molar-refractivity contribution in [1.82, 2.24) is 0 Å². The van der Waals surface area contributed by atoms with E-state index >= 15 is 0 Å². The minimum absolute atomic E-state index is 0.0901. The Morgan fingerprint density at radius 3 is 2.34 bits per heavy atom. The van der Waals surface area contributed by atoms with Crippen molar-refractivity contribution in [3.05, 3.63) is 0 Å². The van der Waals surface area contributed by atoms with Crippen LogP contribution < -0.4 is 5.73 Å². The summed E-state index contributed by atoms with van der Waals surface area (Å²) in [6, 6.07) is 0. The molecule has 3 aliphatic carbocycles. The fourth-order valence-corrected chi connectivity index (χ4v) is 4.62. The SMILES string of the molecule is CC(OC(=O)OC1CCCCCCC1)OC(=O)[C@H]1[C@@H]2C[C@H](F)[C@@](N)(OC(=O)O)[C@@H]21. The zero-order valence-electron chi connectivity index (χ0n) is 16.4. The maximum absolute atomic E-state index is 14.0. The lowest BCUT2D eigenvalue weighted by atomic mass is 9.99. The van der Waals surface area contributed by atoms with Crippen molar-refractivity contribution < 1.29 is 42.8 Å². The van der Waals surface area contributed by atoms with E-state index in [0.29, 0.717) is 0 Å². The lowest BCUT2D eigenvalue weighted by Crippen LogP contribution is -2.53. The summed E-state index contributed by atoms with van der Waals surface area (Å²) in [6.45, 7) is 1.37. The first-order valence-corrected chi connectivity index (χ1v) is 10.1. The minimum atomic E-state index is -2.07. The maximum atomic E-state index is 14.0. The van der Waals surface area contributed by atoms with Crippen molar-refractivity contribution >= 4 is 18.3 Å². The number of ether oxygens (including phenoxy) is 4. The van der Waals surface area contributed by atoms with Crippen LogP contribution in [0.15, 0.2) is 0 Å². The van der Waals surface area contributed by atoms with Crippen LogP contribution in [-0.4, -0.2) is 47.7 Å². The van der Waals surface area contributed by atoms with Gasteiger partial charge >= 0.3 is 18.3 Å². The molecule has 6 atom stereocenters. The van der Waals surface area contributed by atoms with Gasteiger partial charge < -0.3 is 24.1 Å². The third kappa shape index (κ3) is 4.91. The maximum Gasteiger partial charge on any atom is 0.511 e. The Morgan fingerprint density at radius 1 is 1.10 bits per heavy atom. The molecule has 3 fully saturated rings. The van der Waals surface area contributed by atoms with Crippen molar-refractivity contribution in [2.24, 2.45) is 23.5 Å². The van der Waals surface area contributed by atoms with E-state index in [-0.39, 0.29) is 12.5 Å². The number of halogens is 1. The molecule has 164 valence electrons. The average molecular weight is 417 g/mol. The van der Waals surface area contributed by atoms with E-state index in [4.69, 9.17) is 25.1 Å². The summed E-state index contributed by atoms with van der Waals surface area (Å²) in [5.41, 5.74) is 3.70. The molecule has 1 unspecified atom stereocenters. The minimum Gasteiger partial charge on any atom is -0.450 e. The van der Waals surface area contributed by atoms with E-state index in [9.17, 15) is 18.8 Å². The molecule has 0 radical (unpaired) electrons. The third-order valence-corrected chi connectivity index (χ3v) is 6.05. The molecule has 0 amide bonds.